The summed E-state index contributed by atoms with van der Waals surface area (Å²) in [6, 6.07) is 36.4. The average Bonchev–Trinajstić information content (AvgIpc) is 3.45. The van der Waals surface area contributed by atoms with Gasteiger partial charge in [0.25, 0.3) is 0 Å². The molecule has 1 nitrogen and oxygen atoms in total. The van der Waals surface area contributed by atoms with Gasteiger partial charge in [-0.05, 0) is 31.2 Å². The molecule has 4 heteroatoms. The first-order valence-electron chi connectivity index (χ1n) is 10.1. The first-order valence-corrected chi connectivity index (χ1v) is 10.1. The van der Waals surface area contributed by atoms with Crippen LogP contribution >= 0.6 is 0 Å². The van der Waals surface area contributed by atoms with Crippen LogP contribution in [0.25, 0.3) is 38.1 Å². The van der Waals surface area contributed by atoms with Gasteiger partial charge in [-0.1, -0.05) is 30.3 Å². The standard InChI is InChI=1S/C19H16N.C9H7.2FH.Zr/c1-13-14(2)20(19-10-6-5-9-18(13)19)17-11-15-7-3-4-8-16(15)12-17;1-2-5-9-7-3-6-8(9)4-1;;;/h3-12H,1-2H3;1-7H;2*1H;/q2*-1;;;+4/p-2. The number of rotatable bonds is 1. The predicted octanol–water partition coefficient (Wildman–Crippen LogP) is 1.68. The molecule has 0 atom stereocenters. The molecule has 5 aromatic carbocycles. The fourth-order valence-corrected chi connectivity index (χ4v) is 4.19. The van der Waals surface area contributed by atoms with E-state index < -0.39 is 0 Å². The number of halogens is 2. The average molecular weight is 503 g/mol. The molecule has 0 N–H and O–H groups in total. The molecule has 0 aliphatic carbocycles. The van der Waals surface area contributed by atoms with Crippen LogP contribution in [0.2, 0.25) is 0 Å². The van der Waals surface area contributed by atoms with E-state index in [-0.39, 0.29) is 35.6 Å². The van der Waals surface area contributed by atoms with Crippen molar-refractivity contribution in [3.63, 3.8) is 0 Å². The summed E-state index contributed by atoms with van der Waals surface area (Å²) in [7, 11) is 0. The largest absolute Gasteiger partial charge is 4.00 e. The molecule has 0 unspecified atom stereocenters. The van der Waals surface area contributed by atoms with Gasteiger partial charge < -0.3 is 14.0 Å². The van der Waals surface area contributed by atoms with Crippen LogP contribution in [0.3, 0.4) is 0 Å². The molecule has 6 aromatic rings. The van der Waals surface area contributed by atoms with Gasteiger partial charge in [0.05, 0.1) is 5.52 Å². The summed E-state index contributed by atoms with van der Waals surface area (Å²) in [5.41, 5.74) is 5.23. The smallest absolute Gasteiger partial charge is 1.00 e. The van der Waals surface area contributed by atoms with Crippen LogP contribution in [0.15, 0.2) is 103 Å². The second kappa shape index (κ2) is 10.7. The minimum absolute atomic E-state index is 0. The van der Waals surface area contributed by atoms with E-state index in [1.165, 1.54) is 49.4 Å². The van der Waals surface area contributed by atoms with Crippen molar-refractivity contribution in [1.82, 2.24) is 4.57 Å². The van der Waals surface area contributed by atoms with Gasteiger partial charge in [-0.25, -0.2) is 0 Å². The Kier molecular flexibility index (Phi) is 8.46. The molecule has 0 saturated heterocycles. The summed E-state index contributed by atoms with van der Waals surface area (Å²) >= 11 is 0. The topological polar surface area (TPSA) is 4.93 Å². The SMILES string of the molecule is Cc1c(C)n(-c2cc3ccccc3[cH-]2)c2ccccc12.[F-].[F-].[Zr+4].c1ccc2[cH-]ccc2c1. The Morgan fingerprint density at radius 1 is 0.688 bits per heavy atom. The first kappa shape index (κ1) is 25.4. The van der Waals surface area contributed by atoms with Crippen LogP contribution in [0.5, 0.6) is 0 Å². The van der Waals surface area contributed by atoms with E-state index in [9.17, 15) is 0 Å². The Morgan fingerprint density at radius 2 is 1.31 bits per heavy atom. The van der Waals surface area contributed by atoms with Crippen molar-refractivity contribution in [2.75, 3.05) is 0 Å². The van der Waals surface area contributed by atoms with Crippen molar-refractivity contribution in [2.24, 2.45) is 0 Å². The predicted molar refractivity (Wildman–Crippen MR) is 125 cm³/mol. The molecule has 1 heterocycles. The molecule has 158 valence electrons. The first-order chi connectivity index (χ1) is 14.2. The third-order valence-corrected chi connectivity index (χ3v) is 5.84. The van der Waals surface area contributed by atoms with E-state index in [0.29, 0.717) is 0 Å². The number of aryl methyl sites for hydroxylation is 1. The quantitative estimate of drug-likeness (QED) is 0.302. The zero-order valence-electron chi connectivity index (χ0n) is 18.0. The molecule has 0 aliphatic heterocycles. The van der Waals surface area contributed by atoms with E-state index >= 15 is 0 Å². The van der Waals surface area contributed by atoms with Gasteiger partial charge >= 0.3 is 26.2 Å². The van der Waals surface area contributed by atoms with Gasteiger partial charge in [0.2, 0.25) is 0 Å². The number of fused-ring (bicyclic) bond motifs is 3. The number of aromatic nitrogens is 1. The van der Waals surface area contributed by atoms with Crippen molar-refractivity contribution >= 4 is 32.4 Å². The summed E-state index contributed by atoms with van der Waals surface area (Å²) in [5.74, 6) is 0. The zero-order chi connectivity index (χ0) is 19.8. The Morgan fingerprint density at radius 3 is 2.03 bits per heavy atom. The van der Waals surface area contributed by atoms with Crippen LogP contribution in [-0.2, 0) is 26.2 Å². The second-order valence-electron chi connectivity index (χ2n) is 7.56. The van der Waals surface area contributed by atoms with E-state index in [1.807, 2.05) is 0 Å². The fraction of sp³-hybridized carbons (Fsp3) is 0.0714. The molecule has 0 saturated carbocycles. The van der Waals surface area contributed by atoms with Crippen LogP contribution in [0.4, 0.5) is 0 Å². The Bertz CT molecular complexity index is 1370. The van der Waals surface area contributed by atoms with Crippen molar-refractivity contribution in [1.29, 1.82) is 0 Å². The van der Waals surface area contributed by atoms with Crippen LogP contribution in [-0.4, -0.2) is 4.57 Å². The van der Waals surface area contributed by atoms with Crippen LogP contribution < -0.4 is 9.41 Å². The normalized spacial score (nSPS) is 10.1. The van der Waals surface area contributed by atoms with E-state index in [1.54, 1.807) is 0 Å². The van der Waals surface area contributed by atoms with E-state index in [0.717, 1.165) is 0 Å². The molecule has 0 amide bonds. The van der Waals surface area contributed by atoms with E-state index in [4.69, 9.17) is 0 Å². The zero-order valence-corrected chi connectivity index (χ0v) is 20.5. The fourth-order valence-electron chi connectivity index (χ4n) is 4.19. The van der Waals surface area contributed by atoms with Crippen molar-refractivity contribution < 1.29 is 35.6 Å². The minimum atomic E-state index is 0. The molecule has 0 bridgehead atoms. The third kappa shape index (κ3) is 4.52. The Balaban J connectivity index is 0.000000259. The number of hydrogen-bond acceptors (Lipinski definition) is 0. The summed E-state index contributed by atoms with van der Waals surface area (Å²) < 4.78 is 2.37. The summed E-state index contributed by atoms with van der Waals surface area (Å²) in [6.07, 6.45) is 0. The van der Waals surface area contributed by atoms with Gasteiger partial charge in [-0.15, -0.1) is 70.8 Å². The number of nitrogens with zero attached hydrogens (tertiary/aromatic N) is 1. The minimum Gasteiger partial charge on any atom is -1.00 e. The molecular formula is C28H23F2NZr. The second-order valence-corrected chi connectivity index (χ2v) is 7.56. The van der Waals surface area contributed by atoms with Gasteiger partial charge in [0, 0.05) is 11.1 Å². The molecule has 0 spiro atoms. The number of para-hydroxylation sites is 1. The molecule has 6 rings (SSSR count). The van der Waals surface area contributed by atoms with Crippen LogP contribution in [0, 0.1) is 13.8 Å². The monoisotopic (exact) mass is 501 g/mol. The van der Waals surface area contributed by atoms with E-state index in [2.05, 4.69) is 122 Å². The Labute approximate surface area is 205 Å². The number of benzene rings is 3. The maximum atomic E-state index is 2.37. The molecular weight excluding hydrogens is 480 g/mol. The third-order valence-electron chi connectivity index (χ3n) is 5.84. The van der Waals surface area contributed by atoms with Crippen molar-refractivity contribution in [2.45, 2.75) is 13.8 Å². The molecule has 32 heavy (non-hydrogen) atoms. The van der Waals surface area contributed by atoms with Crippen LogP contribution in [0.1, 0.15) is 11.3 Å². The maximum absolute atomic E-state index is 2.37. The maximum Gasteiger partial charge on any atom is 4.00 e. The number of hydrogen-bond donors (Lipinski definition) is 0. The molecule has 0 aliphatic rings. The van der Waals surface area contributed by atoms with Crippen molar-refractivity contribution in [3.8, 4) is 5.69 Å². The molecule has 0 fully saturated rings. The van der Waals surface area contributed by atoms with Gasteiger partial charge in [0.15, 0.2) is 0 Å². The van der Waals surface area contributed by atoms with Crippen molar-refractivity contribution in [3.05, 3.63) is 114 Å². The summed E-state index contributed by atoms with van der Waals surface area (Å²) in [4.78, 5) is 0. The van der Waals surface area contributed by atoms with Gasteiger partial charge in [0.1, 0.15) is 0 Å². The molecule has 0 radical (unpaired) electrons. The summed E-state index contributed by atoms with van der Waals surface area (Å²) in [6.45, 7) is 4.41. The molecule has 1 aromatic heterocycles. The Hall–Kier alpha value is -2.84. The summed E-state index contributed by atoms with van der Waals surface area (Å²) in [5, 5.41) is 6.61. The van der Waals surface area contributed by atoms with Gasteiger partial charge in [-0.2, -0.15) is 17.5 Å². The van der Waals surface area contributed by atoms with Gasteiger partial charge in [-0.3, -0.25) is 0 Å².